The van der Waals surface area contributed by atoms with Crippen molar-refractivity contribution in [1.29, 1.82) is 0 Å². The summed E-state index contributed by atoms with van der Waals surface area (Å²) in [6.45, 7) is 0. The third-order valence-electron chi connectivity index (χ3n) is 1.47. The van der Waals surface area contributed by atoms with E-state index in [1.54, 1.807) is 18.6 Å². The molecule has 1 aliphatic rings. The second-order valence-corrected chi connectivity index (χ2v) is 2.21. The Bertz CT molecular complexity index is 300. The van der Waals surface area contributed by atoms with Gasteiger partial charge in [0.05, 0.1) is 11.9 Å². The molecule has 0 fully saturated rings. The fourth-order valence-corrected chi connectivity index (χ4v) is 0.934. The molecule has 3 heteroatoms. The number of rotatable bonds is 0. The van der Waals surface area contributed by atoms with Crippen LogP contribution in [0.15, 0.2) is 23.5 Å². The van der Waals surface area contributed by atoms with Gasteiger partial charge in [0.15, 0.2) is 0 Å². The molecule has 11 heavy (non-hydrogen) atoms. The van der Waals surface area contributed by atoms with E-state index in [9.17, 15) is 0 Å². The van der Waals surface area contributed by atoms with E-state index < -0.39 is 0 Å². The van der Waals surface area contributed by atoms with Gasteiger partial charge in [-0.3, -0.25) is 10.1 Å². The third-order valence-corrected chi connectivity index (χ3v) is 1.47. The number of aromatic amines is 1. The second-order valence-electron chi connectivity index (χ2n) is 2.21. The predicted octanol–water partition coefficient (Wildman–Crippen LogP) is 1.48. The number of aromatic nitrogens is 2. The van der Waals surface area contributed by atoms with E-state index in [1.807, 2.05) is 18.2 Å². The minimum absolute atomic E-state index is 1.02. The first-order valence-corrected chi connectivity index (χ1v) is 3.36. The van der Waals surface area contributed by atoms with Crippen molar-refractivity contribution in [3.8, 4) is 0 Å². The van der Waals surface area contributed by atoms with Gasteiger partial charge in [-0.25, -0.2) is 0 Å². The van der Waals surface area contributed by atoms with Crippen LogP contribution in [-0.2, 0) is 0 Å². The number of hydrogen-bond donors (Lipinski definition) is 1. The first-order valence-electron chi connectivity index (χ1n) is 3.36. The zero-order chi connectivity index (χ0) is 7.52. The van der Waals surface area contributed by atoms with Crippen molar-refractivity contribution in [2.75, 3.05) is 0 Å². The Kier molecular flexibility index (Phi) is 1.41. The maximum Gasteiger partial charge on any atom is 0.0651 e. The van der Waals surface area contributed by atoms with Crippen LogP contribution in [0.2, 0.25) is 0 Å². The van der Waals surface area contributed by atoms with Gasteiger partial charge in [-0.2, -0.15) is 5.10 Å². The summed E-state index contributed by atoms with van der Waals surface area (Å²) in [5.74, 6) is 0. The van der Waals surface area contributed by atoms with Crippen molar-refractivity contribution in [2.24, 2.45) is 4.99 Å². The molecular formula is C8H7N3. The zero-order valence-electron chi connectivity index (χ0n) is 5.86. The summed E-state index contributed by atoms with van der Waals surface area (Å²) < 4.78 is 0. The van der Waals surface area contributed by atoms with Crippen LogP contribution in [0.1, 0.15) is 11.3 Å². The highest BCUT2D eigenvalue weighted by molar-refractivity contribution is 5.81. The molecule has 0 bridgehead atoms. The van der Waals surface area contributed by atoms with E-state index in [4.69, 9.17) is 0 Å². The first kappa shape index (κ1) is 6.09. The molecule has 54 valence electrons. The molecule has 1 N–H and O–H groups in total. The summed E-state index contributed by atoms with van der Waals surface area (Å²) in [7, 11) is 0. The molecule has 0 unspecified atom stereocenters. The molecule has 0 radical (unpaired) electrons. The molecule has 0 saturated heterocycles. The number of fused-ring (bicyclic) bond motifs is 1. The minimum Gasteiger partial charge on any atom is -0.278 e. The van der Waals surface area contributed by atoms with Gasteiger partial charge in [0.1, 0.15) is 0 Å². The standard InChI is InChI=1S/C8H7N3/c1-2-8-7(6-10-11-8)3-5-9-4-1/h1-6H,(H,10,11). The molecule has 1 aromatic heterocycles. The fourth-order valence-electron chi connectivity index (χ4n) is 0.934. The van der Waals surface area contributed by atoms with Crippen LogP contribution in [0.4, 0.5) is 0 Å². The quantitative estimate of drug-likeness (QED) is 0.590. The van der Waals surface area contributed by atoms with Crippen LogP contribution in [0, 0.1) is 0 Å². The summed E-state index contributed by atoms with van der Waals surface area (Å²) in [6, 6.07) is 0. The van der Waals surface area contributed by atoms with Crippen LogP contribution in [0.25, 0.3) is 12.2 Å². The van der Waals surface area contributed by atoms with E-state index in [0.29, 0.717) is 0 Å². The van der Waals surface area contributed by atoms with Crippen LogP contribution >= 0.6 is 0 Å². The lowest BCUT2D eigenvalue weighted by atomic mass is 10.2. The normalized spacial score (nSPS) is 22.9. The topological polar surface area (TPSA) is 41.0 Å². The van der Waals surface area contributed by atoms with Crippen molar-refractivity contribution in [3.05, 3.63) is 29.7 Å². The van der Waals surface area contributed by atoms with Crippen LogP contribution in [0.5, 0.6) is 0 Å². The summed E-state index contributed by atoms with van der Waals surface area (Å²) in [6.07, 6.45) is 11.0. The number of hydrogen-bond acceptors (Lipinski definition) is 2. The summed E-state index contributed by atoms with van der Waals surface area (Å²) in [5.41, 5.74) is 2.09. The molecule has 1 aromatic rings. The highest BCUT2D eigenvalue weighted by atomic mass is 15.1. The van der Waals surface area contributed by atoms with Gasteiger partial charge in [-0.15, -0.1) is 0 Å². The van der Waals surface area contributed by atoms with Gasteiger partial charge in [-0.1, -0.05) is 0 Å². The van der Waals surface area contributed by atoms with Crippen molar-refractivity contribution in [2.45, 2.75) is 0 Å². The smallest absolute Gasteiger partial charge is 0.0651 e. The molecule has 1 aliphatic heterocycles. The molecule has 3 nitrogen and oxygen atoms in total. The Balaban J connectivity index is 2.52. The zero-order valence-corrected chi connectivity index (χ0v) is 5.86. The predicted molar refractivity (Wildman–Crippen MR) is 45.1 cm³/mol. The Morgan fingerprint density at radius 3 is 3.27 bits per heavy atom. The van der Waals surface area contributed by atoms with Crippen molar-refractivity contribution >= 4 is 18.4 Å². The van der Waals surface area contributed by atoms with E-state index >= 15 is 0 Å². The van der Waals surface area contributed by atoms with Crippen molar-refractivity contribution < 1.29 is 0 Å². The van der Waals surface area contributed by atoms with E-state index in [2.05, 4.69) is 15.2 Å². The molecule has 0 aromatic carbocycles. The van der Waals surface area contributed by atoms with Crippen LogP contribution in [0.3, 0.4) is 0 Å². The van der Waals surface area contributed by atoms with Gasteiger partial charge in [0.25, 0.3) is 0 Å². The van der Waals surface area contributed by atoms with Crippen LogP contribution < -0.4 is 0 Å². The van der Waals surface area contributed by atoms with E-state index in [1.165, 1.54) is 0 Å². The minimum atomic E-state index is 1.02. The van der Waals surface area contributed by atoms with Gasteiger partial charge in [0, 0.05) is 18.0 Å². The molecule has 0 saturated carbocycles. The molecule has 0 atom stereocenters. The lowest BCUT2D eigenvalue weighted by Crippen LogP contribution is -1.77. The number of nitrogens with zero attached hydrogens (tertiary/aromatic N) is 2. The molecule has 0 amide bonds. The number of allylic oxidation sites excluding steroid dienone is 1. The maximum absolute atomic E-state index is 3.98. The Hall–Kier alpha value is -1.64. The number of aliphatic imine (C=N–C) groups is 1. The molecule has 0 spiro atoms. The molecular weight excluding hydrogens is 138 g/mol. The van der Waals surface area contributed by atoms with Gasteiger partial charge < -0.3 is 0 Å². The van der Waals surface area contributed by atoms with E-state index in [0.717, 1.165) is 11.3 Å². The monoisotopic (exact) mass is 145 g/mol. The van der Waals surface area contributed by atoms with E-state index in [-0.39, 0.29) is 0 Å². The average Bonchev–Trinajstić information content (AvgIpc) is 2.35. The largest absolute Gasteiger partial charge is 0.278 e. The summed E-state index contributed by atoms with van der Waals surface area (Å²) in [4.78, 5) is 3.98. The third kappa shape index (κ3) is 1.12. The molecule has 2 rings (SSSR count). The summed E-state index contributed by atoms with van der Waals surface area (Å²) >= 11 is 0. The molecule has 2 heterocycles. The lowest BCUT2D eigenvalue weighted by Gasteiger charge is -1.90. The molecule has 0 aliphatic carbocycles. The van der Waals surface area contributed by atoms with Crippen molar-refractivity contribution in [3.63, 3.8) is 0 Å². The fraction of sp³-hybridized carbons (Fsp3) is 0. The highest BCUT2D eigenvalue weighted by Gasteiger charge is 1.96. The van der Waals surface area contributed by atoms with Gasteiger partial charge in [0.2, 0.25) is 0 Å². The van der Waals surface area contributed by atoms with Gasteiger partial charge >= 0.3 is 0 Å². The van der Waals surface area contributed by atoms with Gasteiger partial charge in [-0.05, 0) is 18.2 Å². The highest BCUT2D eigenvalue weighted by Crippen LogP contribution is 2.09. The Labute approximate surface area is 64.2 Å². The Morgan fingerprint density at radius 1 is 1.27 bits per heavy atom. The van der Waals surface area contributed by atoms with Crippen molar-refractivity contribution in [1.82, 2.24) is 10.2 Å². The number of H-pyrrole nitrogens is 1. The number of nitrogens with one attached hydrogen (secondary N) is 1. The SMILES string of the molecule is C1=C/c2[nH]ncc2\C=C/N=C\1. The Morgan fingerprint density at radius 2 is 2.27 bits per heavy atom. The second kappa shape index (κ2) is 2.54. The first-order chi connectivity index (χ1) is 5.47. The summed E-state index contributed by atoms with van der Waals surface area (Å²) in [5, 5.41) is 6.78. The maximum atomic E-state index is 3.98. The van der Waals surface area contributed by atoms with Crippen LogP contribution in [-0.4, -0.2) is 16.4 Å². The lowest BCUT2D eigenvalue weighted by molar-refractivity contribution is 1.08. The average molecular weight is 145 g/mol.